The summed E-state index contributed by atoms with van der Waals surface area (Å²) in [5.74, 6) is 1.92. The van der Waals surface area contributed by atoms with Gasteiger partial charge in [0, 0.05) is 39.3 Å². The Balaban J connectivity index is 1.29. The van der Waals surface area contributed by atoms with Gasteiger partial charge in [0.2, 0.25) is 5.91 Å². The molecule has 0 spiro atoms. The second-order valence-electron chi connectivity index (χ2n) is 6.60. The number of rotatable bonds is 7. The lowest BCUT2D eigenvalue weighted by Crippen LogP contribution is -2.48. The summed E-state index contributed by atoms with van der Waals surface area (Å²) < 4.78 is 7.41. The quantitative estimate of drug-likeness (QED) is 0.551. The van der Waals surface area contributed by atoms with Gasteiger partial charge < -0.3 is 9.32 Å². The first-order valence-electron chi connectivity index (χ1n) is 9.35. The van der Waals surface area contributed by atoms with E-state index >= 15 is 0 Å². The molecule has 0 saturated carbocycles. The molecule has 0 aliphatic carbocycles. The molecule has 1 saturated heterocycles. The first-order valence-corrected chi connectivity index (χ1v) is 11.3. The first-order chi connectivity index (χ1) is 13.7. The monoisotopic (exact) mass is 417 g/mol. The third kappa shape index (κ3) is 4.31. The Kier molecular flexibility index (Phi) is 6.13. The molecular formula is C19H23N5O2S2. The third-order valence-corrected chi connectivity index (χ3v) is 6.49. The second-order valence-corrected chi connectivity index (χ2v) is 8.33. The van der Waals surface area contributed by atoms with Crippen molar-refractivity contribution in [1.82, 2.24) is 24.6 Å². The number of piperazine rings is 1. The number of thiophene rings is 1. The Bertz CT molecular complexity index is 884. The summed E-state index contributed by atoms with van der Waals surface area (Å²) in [6.45, 7) is 7.12. The van der Waals surface area contributed by atoms with E-state index in [1.165, 1.54) is 17.3 Å². The van der Waals surface area contributed by atoms with Crippen LogP contribution in [0.5, 0.6) is 0 Å². The second kappa shape index (κ2) is 8.93. The number of carbonyl (C=O) groups excluding carboxylic acids is 1. The number of hydrogen-bond acceptors (Lipinski definition) is 7. The Morgan fingerprint density at radius 3 is 2.79 bits per heavy atom. The lowest BCUT2D eigenvalue weighted by atomic mass is 10.2. The van der Waals surface area contributed by atoms with E-state index in [9.17, 15) is 4.79 Å². The van der Waals surface area contributed by atoms with Crippen LogP contribution >= 0.6 is 23.1 Å². The van der Waals surface area contributed by atoms with Crippen LogP contribution in [-0.4, -0.2) is 62.4 Å². The van der Waals surface area contributed by atoms with Gasteiger partial charge in [-0.1, -0.05) is 11.8 Å². The van der Waals surface area contributed by atoms with Gasteiger partial charge in [0.1, 0.15) is 0 Å². The minimum atomic E-state index is 0.158. The van der Waals surface area contributed by atoms with E-state index in [0.29, 0.717) is 17.3 Å². The van der Waals surface area contributed by atoms with Gasteiger partial charge in [-0.2, -0.15) is 11.3 Å². The molecular weight excluding hydrogens is 394 g/mol. The number of nitrogens with zero attached hydrogens (tertiary/aromatic N) is 5. The highest BCUT2D eigenvalue weighted by Gasteiger charge is 2.22. The maximum atomic E-state index is 12.6. The highest BCUT2D eigenvalue weighted by Crippen LogP contribution is 2.24. The van der Waals surface area contributed by atoms with E-state index in [0.717, 1.165) is 44.4 Å². The molecule has 0 atom stereocenters. The van der Waals surface area contributed by atoms with Gasteiger partial charge in [-0.15, -0.1) is 10.2 Å². The fraction of sp³-hybridized carbons (Fsp3) is 0.421. The predicted octanol–water partition coefficient (Wildman–Crippen LogP) is 3.06. The van der Waals surface area contributed by atoms with E-state index in [4.69, 9.17) is 4.42 Å². The molecule has 1 amide bonds. The Morgan fingerprint density at radius 2 is 2.11 bits per heavy atom. The minimum Gasteiger partial charge on any atom is -0.461 e. The predicted molar refractivity (Wildman–Crippen MR) is 110 cm³/mol. The summed E-state index contributed by atoms with van der Waals surface area (Å²) in [6.07, 6.45) is 1.62. The van der Waals surface area contributed by atoms with Crippen LogP contribution in [0.2, 0.25) is 0 Å². The number of aromatic nitrogens is 3. The number of amides is 1. The van der Waals surface area contributed by atoms with Crippen LogP contribution in [0.1, 0.15) is 12.5 Å². The molecule has 9 heteroatoms. The van der Waals surface area contributed by atoms with Gasteiger partial charge in [-0.25, -0.2) is 0 Å². The van der Waals surface area contributed by atoms with Crippen LogP contribution in [0.25, 0.3) is 11.6 Å². The van der Waals surface area contributed by atoms with Gasteiger partial charge in [0.05, 0.1) is 12.0 Å². The van der Waals surface area contributed by atoms with Crippen LogP contribution in [0, 0.1) is 0 Å². The van der Waals surface area contributed by atoms with Crippen molar-refractivity contribution in [3.8, 4) is 11.6 Å². The Labute approximate surface area is 172 Å². The van der Waals surface area contributed by atoms with Gasteiger partial charge in [-0.05, 0) is 41.4 Å². The third-order valence-electron chi connectivity index (χ3n) is 4.81. The fourth-order valence-electron chi connectivity index (χ4n) is 3.28. The van der Waals surface area contributed by atoms with Crippen molar-refractivity contribution >= 4 is 29.0 Å². The normalized spacial score (nSPS) is 15.2. The zero-order valence-corrected chi connectivity index (χ0v) is 17.4. The van der Waals surface area contributed by atoms with E-state index < -0.39 is 0 Å². The average molecular weight is 418 g/mol. The standard InChI is InChI=1S/C19H23N5O2S2/c1-2-24-18(16-4-3-10-26-16)20-21-19(24)28-14-17(25)23-8-6-22(7-9-23)12-15-5-11-27-13-15/h3-5,10-11,13H,2,6-9,12,14H2,1H3. The molecule has 4 rings (SSSR count). The summed E-state index contributed by atoms with van der Waals surface area (Å²) in [7, 11) is 0. The molecule has 7 nitrogen and oxygen atoms in total. The average Bonchev–Trinajstić information content (AvgIpc) is 3.47. The van der Waals surface area contributed by atoms with Crippen molar-refractivity contribution < 1.29 is 9.21 Å². The van der Waals surface area contributed by atoms with Gasteiger partial charge in [0.25, 0.3) is 0 Å². The molecule has 0 radical (unpaired) electrons. The zero-order chi connectivity index (χ0) is 19.3. The first kappa shape index (κ1) is 19.2. The Hall–Kier alpha value is -2.10. The van der Waals surface area contributed by atoms with E-state index in [1.54, 1.807) is 17.6 Å². The smallest absolute Gasteiger partial charge is 0.233 e. The van der Waals surface area contributed by atoms with Crippen molar-refractivity contribution in [2.45, 2.75) is 25.2 Å². The number of hydrogen-bond donors (Lipinski definition) is 0. The van der Waals surface area contributed by atoms with Crippen molar-refractivity contribution in [2.24, 2.45) is 0 Å². The van der Waals surface area contributed by atoms with Crippen LogP contribution in [0.4, 0.5) is 0 Å². The molecule has 0 bridgehead atoms. The van der Waals surface area contributed by atoms with E-state index in [1.807, 2.05) is 28.5 Å². The zero-order valence-electron chi connectivity index (χ0n) is 15.8. The summed E-state index contributed by atoms with van der Waals surface area (Å²) in [5, 5.41) is 13.5. The molecule has 0 aromatic carbocycles. The topological polar surface area (TPSA) is 67.4 Å². The Morgan fingerprint density at radius 1 is 1.25 bits per heavy atom. The van der Waals surface area contributed by atoms with Crippen LogP contribution in [0.15, 0.2) is 44.8 Å². The molecule has 1 aliphatic heterocycles. The molecule has 1 fully saturated rings. The summed E-state index contributed by atoms with van der Waals surface area (Å²) in [6, 6.07) is 5.86. The van der Waals surface area contributed by atoms with Crippen LogP contribution in [0.3, 0.4) is 0 Å². The number of furan rings is 1. The summed E-state index contributed by atoms with van der Waals surface area (Å²) in [5.41, 5.74) is 1.35. The highest BCUT2D eigenvalue weighted by molar-refractivity contribution is 7.99. The maximum absolute atomic E-state index is 12.6. The lowest BCUT2D eigenvalue weighted by molar-refractivity contribution is -0.130. The van der Waals surface area contributed by atoms with Crippen molar-refractivity contribution in [3.05, 3.63) is 40.8 Å². The van der Waals surface area contributed by atoms with Crippen molar-refractivity contribution in [2.75, 3.05) is 31.9 Å². The van der Waals surface area contributed by atoms with Gasteiger partial charge >= 0.3 is 0 Å². The van der Waals surface area contributed by atoms with Crippen LogP contribution in [-0.2, 0) is 17.9 Å². The minimum absolute atomic E-state index is 0.158. The number of thioether (sulfide) groups is 1. The lowest BCUT2D eigenvalue weighted by Gasteiger charge is -2.34. The summed E-state index contributed by atoms with van der Waals surface area (Å²) in [4.78, 5) is 17.0. The number of carbonyl (C=O) groups is 1. The fourth-order valence-corrected chi connectivity index (χ4v) is 4.85. The molecule has 3 aromatic heterocycles. The van der Waals surface area contributed by atoms with Gasteiger partial charge in [-0.3, -0.25) is 14.3 Å². The summed E-state index contributed by atoms with van der Waals surface area (Å²) >= 11 is 3.17. The SMILES string of the molecule is CCn1c(SCC(=O)N2CCN(Cc3ccsc3)CC2)nnc1-c1ccco1. The van der Waals surface area contributed by atoms with E-state index in [2.05, 4.69) is 31.9 Å². The van der Waals surface area contributed by atoms with Crippen LogP contribution < -0.4 is 0 Å². The van der Waals surface area contributed by atoms with Crippen molar-refractivity contribution in [3.63, 3.8) is 0 Å². The van der Waals surface area contributed by atoms with Crippen molar-refractivity contribution in [1.29, 1.82) is 0 Å². The molecule has 148 valence electrons. The molecule has 4 heterocycles. The largest absolute Gasteiger partial charge is 0.461 e. The maximum Gasteiger partial charge on any atom is 0.233 e. The molecule has 0 N–H and O–H groups in total. The van der Waals surface area contributed by atoms with E-state index in [-0.39, 0.29) is 5.91 Å². The molecule has 3 aromatic rings. The van der Waals surface area contributed by atoms with Gasteiger partial charge in [0.15, 0.2) is 16.7 Å². The highest BCUT2D eigenvalue weighted by atomic mass is 32.2. The molecule has 28 heavy (non-hydrogen) atoms. The molecule has 1 aliphatic rings. The molecule has 0 unspecified atom stereocenters.